The Bertz CT molecular complexity index is 1420. The maximum Gasteiger partial charge on any atom is 0.417 e. The zero-order valence-corrected chi connectivity index (χ0v) is 19.4. The third-order valence-corrected chi connectivity index (χ3v) is 6.20. The van der Waals surface area contributed by atoms with E-state index in [2.05, 4.69) is 10.3 Å². The number of halogens is 3. The Morgan fingerprint density at radius 2 is 1.81 bits per heavy atom. The van der Waals surface area contributed by atoms with Gasteiger partial charge in [-0.15, -0.1) is 0 Å². The molecular formula is C26H23F3N2O6. The Hall–Kier alpha value is -4.15. The zero-order valence-electron chi connectivity index (χ0n) is 19.4. The first kappa shape index (κ1) is 25.9. The second-order valence-electron chi connectivity index (χ2n) is 8.83. The first-order valence-electron chi connectivity index (χ1n) is 11.5. The number of pyridine rings is 1. The molecule has 1 aromatic heterocycles. The van der Waals surface area contributed by atoms with Gasteiger partial charge < -0.3 is 20.1 Å². The number of amides is 1. The van der Waals surface area contributed by atoms with Gasteiger partial charge in [-0.1, -0.05) is 30.3 Å². The van der Waals surface area contributed by atoms with Crippen molar-refractivity contribution in [1.82, 2.24) is 10.3 Å². The van der Waals surface area contributed by atoms with Crippen LogP contribution in [0.5, 0.6) is 0 Å². The number of hydrogen-bond donors (Lipinski definition) is 3. The van der Waals surface area contributed by atoms with E-state index in [1.807, 2.05) is 0 Å². The summed E-state index contributed by atoms with van der Waals surface area (Å²) in [5, 5.41) is 12.0. The third kappa shape index (κ3) is 5.99. The van der Waals surface area contributed by atoms with Crippen LogP contribution in [0, 0.1) is 0 Å². The number of carbonyl (C=O) groups is 3. The van der Waals surface area contributed by atoms with E-state index >= 15 is 0 Å². The van der Waals surface area contributed by atoms with Gasteiger partial charge >= 0.3 is 18.1 Å². The average Bonchev–Trinajstić information content (AvgIpc) is 3.22. The van der Waals surface area contributed by atoms with E-state index in [-0.39, 0.29) is 48.4 Å². The third-order valence-electron chi connectivity index (χ3n) is 6.20. The van der Waals surface area contributed by atoms with Crippen LogP contribution in [-0.4, -0.2) is 40.6 Å². The molecule has 2 heterocycles. The van der Waals surface area contributed by atoms with Crippen LogP contribution in [0.1, 0.15) is 42.7 Å². The summed E-state index contributed by atoms with van der Waals surface area (Å²) in [6.07, 6.45) is -4.32. The molecule has 2 aromatic carbocycles. The second-order valence-corrected chi connectivity index (χ2v) is 8.83. The molecule has 0 aliphatic carbocycles. The lowest BCUT2D eigenvalue weighted by Gasteiger charge is -2.14. The van der Waals surface area contributed by atoms with Crippen molar-refractivity contribution in [3.05, 3.63) is 70.0 Å². The van der Waals surface area contributed by atoms with Gasteiger partial charge in [0.1, 0.15) is 6.61 Å². The maximum absolute atomic E-state index is 13.4. The molecule has 8 nitrogen and oxygen atoms in total. The summed E-state index contributed by atoms with van der Waals surface area (Å²) in [4.78, 5) is 50.2. The number of aromatic amines is 1. The number of benzene rings is 2. The van der Waals surface area contributed by atoms with E-state index in [0.717, 1.165) is 6.07 Å². The molecule has 1 amide bonds. The highest BCUT2D eigenvalue weighted by Crippen LogP contribution is 2.37. The highest BCUT2D eigenvalue weighted by Gasteiger charge is 2.35. The van der Waals surface area contributed by atoms with Crippen molar-refractivity contribution in [2.24, 2.45) is 0 Å². The number of aliphatic carboxylic acids is 1. The number of ether oxygens (including phenoxy) is 1. The summed E-state index contributed by atoms with van der Waals surface area (Å²) in [5.74, 6) is -2.47. The molecule has 37 heavy (non-hydrogen) atoms. The highest BCUT2D eigenvalue weighted by atomic mass is 19.4. The number of carboxylic acids is 1. The van der Waals surface area contributed by atoms with Crippen LogP contribution in [0.4, 0.5) is 13.2 Å². The largest absolute Gasteiger partial charge is 0.481 e. The Kier molecular flexibility index (Phi) is 7.33. The number of esters is 1. The molecule has 194 valence electrons. The fourth-order valence-corrected chi connectivity index (χ4v) is 4.40. The Labute approximate surface area is 208 Å². The normalized spacial score (nSPS) is 17.5. The highest BCUT2D eigenvalue weighted by molar-refractivity contribution is 5.90. The second kappa shape index (κ2) is 10.5. The summed E-state index contributed by atoms with van der Waals surface area (Å²) in [6.45, 7) is -0.0652. The van der Waals surface area contributed by atoms with Gasteiger partial charge in [0, 0.05) is 29.5 Å². The van der Waals surface area contributed by atoms with E-state index in [1.165, 1.54) is 30.3 Å². The van der Waals surface area contributed by atoms with Crippen molar-refractivity contribution in [3.63, 3.8) is 0 Å². The molecule has 0 spiro atoms. The number of hydrogen-bond acceptors (Lipinski definition) is 5. The lowest BCUT2D eigenvalue weighted by molar-refractivity contribution is -0.145. The van der Waals surface area contributed by atoms with E-state index in [4.69, 9.17) is 9.84 Å². The number of nitrogens with one attached hydrogen (secondary N) is 2. The lowest BCUT2D eigenvalue weighted by Crippen LogP contribution is -2.31. The van der Waals surface area contributed by atoms with Crippen LogP contribution in [-0.2, 0) is 25.3 Å². The van der Waals surface area contributed by atoms with E-state index < -0.39 is 41.2 Å². The van der Waals surface area contributed by atoms with Crippen LogP contribution < -0.4 is 10.9 Å². The number of carboxylic acid groups (broad SMARTS) is 1. The van der Waals surface area contributed by atoms with E-state index in [0.29, 0.717) is 17.4 Å². The topological polar surface area (TPSA) is 126 Å². The fraction of sp³-hybridized carbons (Fsp3) is 0.308. The smallest absolute Gasteiger partial charge is 0.417 e. The molecule has 3 N–H and O–H groups in total. The molecule has 1 fully saturated rings. The van der Waals surface area contributed by atoms with Gasteiger partial charge in [-0.05, 0) is 42.0 Å². The monoisotopic (exact) mass is 516 g/mol. The molecule has 1 saturated heterocycles. The van der Waals surface area contributed by atoms with Crippen molar-refractivity contribution >= 4 is 28.6 Å². The first-order chi connectivity index (χ1) is 17.5. The SMILES string of the molecule is O=C(O)CCCC(=O)OCC1C[C@@H](c2ccc3cc(-c4ccccc4C(F)(F)F)[nH]c(=O)c3c2)C(=O)N1. The fourth-order valence-electron chi connectivity index (χ4n) is 4.40. The van der Waals surface area contributed by atoms with Crippen molar-refractivity contribution < 1.29 is 37.4 Å². The van der Waals surface area contributed by atoms with Crippen LogP contribution in [0.2, 0.25) is 0 Å². The zero-order chi connectivity index (χ0) is 26.7. The average molecular weight is 516 g/mol. The quantitative estimate of drug-likeness (QED) is 0.389. The van der Waals surface area contributed by atoms with Gasteiger partial charge in [0.2, 0.25) is 5.91 Å². The number of carbonyl (C=O) groups excluding carboxylic acids is 2. The van der Waals surface area contributed by atoms with Gasteiger partial charge in [0.05, 0.1) is 17.5 Å². The van der Waals surface area contributed by atoms with Crippen LogP contribution in [0.15, 0.2) is 53.3 Å². The predicted octanol–water partition coefficient (Wildman–Crippen LogP) is 3.98. The Morgan fingerprint density at radius 1 is 1.05 bits per heavy atom. The minimum Gasteiger partial charge on any atom is -0.481 e. The molecule has 0 bridgehead atoms. The van der Waals surface area contributed by atoms with Crippen LogP contribution in [0.3, 0.4) is 0 Å². The van der Waals surface area contributed by atoms with Crippen molar-refractivity contribution in [3.8, 4) is 11.3 Å². The van der Waals surface area contributed by atoms with E-state index in [1.54, 1.807) is 12.1 Å². The van der Waals surface area contributed by atoms with Crippen LogP contribution in [0.25, 0.3) is 22.0 Å². The number of fused-ring (bicyclic) bond motifs is 1. The van der Waals surface area contributed by atoms with Gasteiger partial charge in [-0.2, -0.15) is 13.2 Å². The summed E-state index contributed by atoms with van der Waals surface area (Å²) < 4.78 is 45.5. The summed E-state index contributed by atoms with van der Waals surface area (Å²) >= 11 is 0. The first-order valence-corrected chi connectivity index (χ1v) is 11.5. The molecule has 3 aromatic rings. The summed E-state index contributed by atoms with van der Waals surface area (Å²) in [5.41, 5.74) is -1.01. The van der Waals surface area contributed by atoms with Crippen LogP contribution >= 0.6 is 0 Å². The van der Waals surface area contributed by atoms with Gasteiger partial charge in [-0.3, -0.25) is 19.2 Å². The van der Waals surface area contributed by atoms with Crippen molar-refractivity contribution in [1.29, 1.82) is 0 Å². The Morgan fingerprint density at radius 3 is 2.54 bits per heavy atom. The summed E-state index contributed by atoms with van der Waals surface area (Å²) in [7, 11) is 0. The minimum absolute atomic E-state index is 0.0296. The molecule has 1 unspecified atom stereocenters. The molecule has 4 rings (SSSR count). The predicted molar refractivity (Wildman–Crippen MR) is 127 cm³/mol. The van der Waals surface area contributed by atoms with E-state index in [9.17, 15) is 32.3 Å². The molecule has 1 aliphatic heterocycles. The van der Waals surface area contributed by atoms with Gasteiger partial charge in [-0.25, -0.2) is 0 Å². The number of alkyl halides is 3. The number of H-pyrrole nitrogens is 1. The standard InChI is InChI=1S/C26H23F3N2O6/c27-26(28,29)20-5-2-1-4-17(20)21-11-15-9-8-14(10-18(15)25(36)31-21)19-12-16(30-24(19)35)13-37-23(34)7-3-6-22(32)33/h1-2,4-5,8-11,16,19H,3,6-7,12-13H2,(H,30,35)(H,31,36)(H,32,33)/t16?,19-/m0/s1. The molecule has 0 saturated carbocycles. The van der Waals surface area contributed by atoms with Gasteiger partial charge in [0.15, 0.2) is 0 Å². The Balaban J connectivity index is 1.50. The van der Waals surface area contributed by atoms with Crippen molar-refractivity contribution in [2.75, 3.05) is 6.61 Å². The lowest BCUT2D eigenvalue weighted by atomic mass is 9.93. The molecule has 11 heteroatoms. The van der Waals surface area contributed by atoms with Crippen molar-refractivity contribution in [2.45, 2.75) is 43.8 Å². The molecule has 1 aliphatic rings. The minimum atomic E-state index is -4.59. The molecule has 2 atom stereocenters. The molecular weight excluding hydrogens is 493 g/mol. The number of aromatic nitrogens is 1. The number of rotatable bonds is 8. The maximum atomic E-state index is 13.4. The van der Waals surface area contributed by atoms with Gasteiger partial charge in [0.25, 0.3) is 5.56 Å². The molecule has 0 radical (unpaired) electrons. The summed E-state index contributed by atoms with van der Waals surface area (Å²) in [6, 6.07) is 10.8.